The van der Waals surface area contributed by atoms with Crippen LogP contribution in [0.15, 0.2) is 30.6 Å². The van der Waals surface area contributed by atoms with Crippen molar-refractivity contribution >= 4 is 5.78 Å². The van der Waals surface area contributed by atoms with E-state index in [4.69, 9.17) is 0 Å². The number of rotatable bonds is 6. The van der Waals surface area contributed by atoms with Crippen LogP contribution in [0.3, 0.4) is 0 Å². The summed E-state index contributed by atoms with van der Waals surface area (Å²) < 4.78 is 28.0. The second-order valence-corrected chi connectivity index (χ2v) is 4.71. The Labute approximate surface area is 116 Å². The number of benzene rings is 1. The van der Waals surface area contributed by atoms with Crippen molar-refractivity contribution in [3.63, 3.8) is 0 Å². The Hall–Kier alpha value is -2.04. The minimum absolute atomic E-state index is 0.00760. The number of nitrogens with zero attached hydrogens (tertiary/aromatic N) is 2. The molecule has 0 aliphatic carbocycles. The van der Waals surface area contributed by atoms with Gasteiger partial charge in [0.25, 0.3) is 0 Å². The topological polar surface area (TPSA) is 34.9 Å². The molecule has 106 valence electrons. The van der Waals surface area contributed by atoms with E-state index in [1.54, 1.807) is 6.20 Å². The Kier molecular flexibility index (Phi) is 4.61. The maximum Gasteiger partial charge on any atom is 0.144 e. The Bertz CT molecular complexity index is 587. The third-order valence-electron chi connectivity index (χ3n) is 2.95. The summed E-state index contributed by atoms with van der Waals surface area (Å²) in [7, 11) is 0. The first kappa shape index (κ1) is 14.4. The number of aryl methyl sites for hydroxylation is 1. The van der Waals surface area contributed by atoms with Gasteiger partial charge in [0.15, 0.2) is 0 Å². The lowest BCUT2D eigenvalue weighted by atomic mass is 10.1. The molecule has 0 aliphatic heterocycles. The molecule has 2 aromatic rings. The molecule has 0 bridgehead atoms. The average molecular weight is 278 g/mol. The molecule has 0 radical (unpaired) electrons. The van der Waals surface area contributed by atoms with E-state index in [1.807, 2.05) is 17.7 Å². The van der Waals surface area contributed by atoms with Crippen molar-refractivity contribution in [1.82, 2.24) is 9.55 Å². The van der Waals surface area contributed by atoms with Crippen molar-refractivity contribution in [2.75, 3.05) is 0 Å². The van der Waals surface area contributed by atoms with Crippen molar-refractivity contribution in [3.05, 3.63) is 53.6 Å². The quantitative estimate of drug-likeness (QED) is 0.814. The first-order chi connectivity index (χ1) is 9.58. The number of carbonyl (C=O) groups excluding carboxylic acids is 1. The SMILES string of the molecule is CCCn1ccnc1CC(=O)Cc1cc(F)cc(F)c1. The number of imidazole rings is 1. The minimum atomic E-state index is -0.666. The largest absolute Gasteiger partial charge is 0.335 e. The molecule has 0 spiro atoms. The number of aromatic nitrogens is 2. The van der Waals surface area contributed by atoms with E-state index in [0.717, 1.165) is 19.0 Å². The van der Waals surface area contributed by atoms with E-state index in [2.05, 4.69) is 4.98 Å². The third-order valence-corrected chi connectivity index (χ3v) is 2.95. The lowest BCUT2D eigenvalue weighted by Crippen LogP contribution is -2.12. The molecule has 0 amide bonds. The highest BCUT2D eigenvalue weighted by Gasteiger charge is 2.11. The number of halogens is 2. The number of ketones is 1. The molecule has 0 fully saturated rings. The van der Waals surface area contributed by atoms with Crippen LogP contribution in [0.4, 0.5) is 8.78 Å². The van der Waals surface area contributed by atoms with Gasteiger partial charge in [-0.05, 0) is 24.1 Å². The van der Waals surface area contributed by atoms with Gasteiger partial charge in [-0.2, -0.15) is 0 Å². The second-order valence-electron chi connectivity index (χ2n) is 4.71. The molecule has 3 nitrogen and oxygen atoms in total. The van der Waals surface area contributed by atoms with Crippen LogP contribution in [0.2, 0.25) is 0 Å². The highest BCUT2D eigenvalue weighted by atomic mass is 19.1. The molecule has 5 heteroatoms. The van der Waals surface area contributed by atoms with Crippen LogP contribution in [-0.2, 0) is 24.2 Å². The van der Waals surface area contributed by atoms with Crippen molar-refractivity contribution in [2.24, 2.45) is 0 Å². The number of carbonyl (C=O) groups is 1. The van der Waals surface area contributed by atoms with Gasteiger partial charge in [-0.25, -0.2) is 13.8 Å². The van der Waals surface area contributed by atoms with Gasteiger partial charge < -0.3 is 4.57 Å². The van der Waals surface area contributed by atoms with E-state index >= 15 is 0 Å². The maximum atomic E-state index is 13.1. The van der Waals surface area contributed by atoms with Gasteiger partial charge in [0, 0.05) is 31.4 Å². The summed E-state index contributed by atoms with van der Waals surface area (Å²) in [5.41, 5.74) is 0.348. The van der Waals surface area contributed by atoms with Gasteiger partial charge in [0.2, 0.25) is 0 Å². The highest BCUT2D eigenvalue weighted by molar-refractivity contribution is 5.82. The summed E-state index contributed by atoms with van der Waals surface area (Å²) in [5.74, 6) is -0.757. The molecule has 1 aromatic heterocycles. The van der Waals surface area contributed by atoms with Gasteiger partial charge >= 0.3 is 0 Å². The van der Waals surface area contributed by atoms with Crippen LogP contribution in [0, 0.1) is 11.6 Å². The molecule has 0 saturated carbocycles. The fraction of sp³-hybridized carbons (Fsp3) is 0.333. The normalized spacial score (nSPS) is 10.8. The lowest BCUT2D eigenvalue weighted by molar-refractivity contribution is -0.117. The van der Waals surface area contributed by atoms with Crippen molar-refractivity contribution < 1.29 is 13.6 Å². The van der Waals surface area contributed by atoms with Gasteiger partial charge in [-0.3, -0.25) is 4.79 Å². The lowest BCUT2D eigenvalue weighted by Gasteiger charge is -2.06. The first-order valence-corrected chi connectivity index (χ1v) is 6.55. The van der Waals surface area contributed by atoms with Crippen LogP contribution in [0.5, 0.6) is 0 Å². The predicted octanol–water partition coefficient (Wildman–Crippen LogP) is 2.93. The summed E-state index contributed by atoms with van der Waals surface area (Å²) in [6.07, 6.45) is 4.61. The number of hydrogen-bond donors (Lipinski definition) is 0. The van der Waals surface area contributed by atoms with Crippen LogP contribution in [0.25, 0.3) is 0 Å². The summed E-state index contributed by atoms with van der Waals surface area (Å²) >= 11 is 0. The van der Waals surface area contributed by atoms with Crippen LogP contribution in [0.1, 0.15) is 24.7 Å². The van der Waals surface area contributed by atoms with Gasteiger partial charge in [-0.15, -0.1) is 0 Å². The monoisotopic (exact) mass is 278 g/mol. The zero-order valence-corrected chi connectivity index (χ0v) is 11.3. The van der Waals surface area contributed by atoms with Crippen LogP contribution < -0.4 is 0 Å². The number of hydrogen-bond acceptors (Lipinski definition) is 2. The maximum absolute atomic E-state index is 13.1. The van der Waals surface area contributed by atoms with Crippen molar-refractivity contribution in [2.45, 2.75) is 32.7 Å². The summed E-state index contributed by atoms with van der Waals surface area (Å²) in [4.78, 5) is 16.1. The summed E-state index contributed by atoms with van der Waals surface area (Å²) in [5, 5.41) is 0. The molecular weight excluding hydrogens is 262 g/mol. The standard InChI is InChI=1S/C15H16F2N2O/c1-2-4-19-5-3-18-15(19)10-14(20)8-11-6-12(16)9-13(17)7-11/h3,5-7,9H,2,4,8,10H2,1H3. The Morgan fingerprint density at radius 1 is 1.20 bits per heavy atom. The van der Waals surface area contributed by atoms with Gasteiger partial charge in [-0.1, -0.05) is 6.92 Å². The van der Waals surface area contributed by atoms with Gasteiger partial charge in [0.1, 0.15) is 23.2 Å². The Balaban J connectivity index is 2.03. The third kappa shape index (κ3) is 3.73. The van der Waals surface area contributed by atoms with Crippen LogP contribution >= 0.6 is 0 Å². The van der Waals surface area contributed by atoms with Crippen molar-refractivity contribution in [3.8, 4) is 0 Å². The summed E-state index contributed by atoms with van der Waals surface area (Å²) in [6.45, 7) is 2.85. The zero-order valence-electron chi connectivity index (χ0n) is 11.3. The molecule has 0 aliphatic rings. The Morgan fingerprint density at radius 3 is 2.55 bits per heavy atom. The smallest absolute Gasteiger partial charge is 0.144 e. The number of Topliss-reactive ketones (excluding diaryl/α,β-unsaturated/α-hetero) is 1. The fourth-order valence-corrected chi connectivity index (χ4v) is 2.13. The van der Waals surface area contributed by atoms with E-state index in [0.29, 0.717) is 11.4 Å². The predicted molar refractivity (Wildman–Crippen MR) is 71.3 cm³/mol. The molecule has 2 rings (SSSR count). The van der Waals surface area contributed by atoms with E-state index in [-0.39, 0.29) is 18.6 Å². The molecule has 1 heterocycles. The first-order valence-electron chi connectivity index (χ1n) is 6.55. The van der Waals surface area contributed by atoms with Crippen LogP contribution in [-0.4, -0.2) is 15.3 Å². The van der Waals surface area contributed by atoms with E-state index in [9.17, 15) is 13.6 Å². The molecular formula is C15H16F2N2O. The molecule has 0 saturated heterocycles. The summed E-state index contributed by atoms with van der Waals surface area (Å²) in [6, 6.07) is 3.15. The van der Waals surface area contributed by atoms with E-state index in [1.165, 1.54) is 12.1 Å². The molecule has 20 heavy (non-hydrogen) atoms. The average Bonchev–Trinajstić information content (AvgIpc) is 2.75. The molecule has 0 atom stereocenters. The second kappa shape index (κ2) is 6.41. The van der Waals surface area contributed by atoms with Crippen molar-refractivity contribution in [1.29, 1.82) is 0 Å². The molecule has 0 unspecified atom stereocenters. The Morgan fingerprint density at radius 2 is 1.90 bits per heavy atom. The zero-order chi connectivity index (χ0) is 14.5. The molecule has 1 aromatic carbocycles. The highest BCUT2D eigenvalue weighted by Crippen LogP contribution is 2.10. The van der Waals surface area contributed by atoms with Gasteiger partial charge in [0.05, 0.1) is 6.42 Å². The van der Waals surface area contributed by atoms with E-state index < -0.39 is 11.6 Å². The molecule has 0 N–H and O–H groups in total. The fourth-order valence-electron chi connectivity index (χ4n) is 2.13. The minimum Gasteiger partial charge on any atom is -0.335 e.